The highest BCUT2D eigenvalue weighted by atomic mass is 16.6. The van der Waals surface area contributed by atoms with Crippen molar-refractivity contribution in [1.29, 1.82) is 0 Å². The van der Waals surface area contributed by atoms with Crippen molar-refractivity contribution >= 4 is 28.4 Å². The van der Waals surface area contributed by atoms with Crippen molar-refractivity contribution in [1.82, 2.24) is 0 Å². The third kappa shape index (κ3) is 2.76. The van der Waals surface area contributed by atoms with Crippen molar-refractivity contribution in [2.24, 2.45) is 0 Å². The van der Waals surface area contributed by atoms with Crippen molar-refractivity contribution in [2.45, 2.75) is 20.8 Å². The smallest absolute Gasteiger partial charge is 0.411 e. The van der Waals surface area contributed by atoms with Gasteiger partial charge in [-0.05, 0) is 26.3 Å². The number of hydrogen-bond acceptors (Lipinski definition) is 6. The first-order valence-corrected chi connectivity index (χ1v) is 6.51. The van der Waals surface area contributed by atoms with Crippen LogP contribution in [0.2, 0.25) is 0 Å². The highest BCUT2D eigenvalue weighted by molar-refractivity contribution is 5.94. The Balaban J connectivity index is 2.68. The zero-order chi connectivity index (χ0) is 16.4. The van der Waals surface area contributed by atoms with Gasteiger partial charge in [0.2, 0.25) is 0 Å². The summed E-state index contributed by atoms with van der Waals surface area (Å²) in [7, 11) is 0. The van der Waals surface area contributed by atoms with Gasteiger partial charge < -0.3 is 9.15 Å². The lowest BCUT2D eigenvalue weighted by Crippen LogP contribution is -2.14. The molecule has 8 heteroatoms. The number of benzene rings is 1. The molecule has 0 unspecified atom stereocenters. The van der Waals surface area contributed by atoms with E-state index in [4.69, 9.17) is 9.15 Å². The lowest BCUT2D eigenvalue weighted by atomic mass is 10.1. The molecule has 0 aliphatic carbocycles. The second-order valence-electron chi connectivity index (χ2n) is 4.61. The quantitative estimate of drug-likeness (QED) is 0.530. The lowest BCUT2D eigenvalue weighted by molar-refractivity contribution is -0.383. The van der Waals surface area contributed by atoms with Crippen LogP contribution >= 0.6 is 0 Å². The minimum atomic E-state index is -0.823. The molecule has 1 aromatic heterocycles. The average molecular weight is 306 g/mol. The van der Waals surface area contributed by atoms with Crippen LogP contribution in [0.4, 0.5) is 16.2 Å². The van der Waals surface area contributed by atoms with E-state index in [0.717, 1.165) is 0 Å². The van der Waals surface area contributed by atoms with E-state index in [-0.39, 0.29) is 23.6 Å². The summed E-state index contributed by atoms with van der Waals surface area (Å²) in [4.78, 5) is 33.7. The van der Waals surface area contributed by atoms with Crippen molar-refractivity contribution in [3.63, 3.8) is 0 Å². The van der Waals surface area contributed by atoms with Crippen molar-refractivity contribution in [3.05, 3.63) is 43.8 Å². The fourth-order valence-electron chi connectivity index (χ4n) is 2.01. The maximum Gasteiger partial charge on any atom is 0.411 e. The molecule has 1 heterocycles. The minimum absolute atomic E-state index is 0.0950. The van der Waals surface area contributed by atoms with Crippen molar-refractivity contribution in [2.75, 3.05) is 11.9 Å². The number of hydrogen-bond donors (Lipinski definition) is 1. The first-order chi connectivity index (χ1) is 10.3. The van der Waals surface area contributed by atoms with E-state index < -0.39 is 16.6 Å². The predicted molar refractivity (Wildman–Crippen MR) is 79.3 cm³/mol. The van der Waals surface area contributed by atoms with Crippen LogP contribution in [0.1, 0.15) is 18.1 Å². The Hall–Kier alpha value is -2.90. The Morgan fingerprint density at radius 1 is 1.36 bits per heavy atom. The maximum atomic E-state index is 11.7. The molecule has 2 aromatic rings. The Labute approximate surface area is 124 Å². The molecule has 1 amide bonds. The normalized spacial score (nSPS) is 10.5. The van der Waals surface area contributed by atoms with Gasteiger partial charge in [-0.2, -0.15) is 0 Å². The SMILES string of the molecule is CCOC(=O)Nc1cc2oc(=O)c(C)c(C)c2cc1[N+](=O)[O-]. The lowest BCUT2D eigenvalue weighted by Gasteiger charge is -2.09. The van der Waals surface area contributed by atoms with Gasteiger partial charge in [0.25, 0.3) is 5.69 Å². The third-order valence-corrected chi connectivity index (χ3v) is 3.28. The van der Waals surface area contributed by atoms with E-state index in [9.17, 15) is 19.7 Å². The summed E-state index contributed by atoms with van der Waals surface area (Å²) in [6.07, 6.45) is -0.823. The Morgan fingerprint density at radius 3 is 2.64 bits per heavy atom. The van der Waals surface area contributed by atoms with Gasteiger partial charge in [0.05, 0.1) is 11.5 Å². The Morgan fingerprint density at radius 2 is 2.05 bits per heavy atom. The number of ether oxygens (including phenoxy) is 1. The number of nitro groups is 1. The summed E-state index contributed by atoms with van der Waals surface area (Å²) >= 11 is 0. The summed E-state index contributed by atoms with van der Waals surface area (Å²) in [5.41, 5.74) is 0.204. The monoisotopic (exact) mass is 306 g/mol. The van der Waals surface area contributed by atoms with E-state index in [1.165, 1.54) is 12.1 Å². The van der Waals surface area contributed by atoms with Gasteiger partial charge in [-0.15, -0.1) is 0 Å². The molecule has 116 valence electrons. The van der Waals surface area contributed by atoms with Gasteiger partial charge in [-0.25, -0.2) is 9.59 Å². The Bertz CT molecular complexity index is 824. The van der Waals surface area contributed by atoms with Crippen molar-refractivity contribution in [3.8, 4) is 0 Å². The minimum Gasteiger partial charge on any atom is -0.450 e. The largest absolute Gasteiger partial charge is 0.450 e. The number of carbonyl (C=O) groups excluding carboxylic acids is 1. The molecular formula is C14H14N2O6. The van der Waals surface area contributed by atoms with E-state index in [1.54, 1.807) is 20.8 Å². The summed E-state index contributed by atoms with van der Waals surface area (Å²) in [5, 5.41) is 13.9. The maximum absolute atomic E-state index is 11.7. The van der Waals surface area contributed by atoms with E-state index in [2.05, 4.69) is 5.32 Å². The zero-order valence-electron chi connectivity index (χ0n) is 12.3. The molecule has 0 aliphatic heterocycles. The topological polar surface area (TPSA) is 112 Å². The second kappa shape index (κ2) is 5.84. The molecule has 0 saturated heterocycles. The number of rotatable bonds is 3. The third-order valence-electron chi connectivity index (χ3n) is 3.28. The molecule has 0 radical (unpaired) electrons. The van der Waals surface area contributed by atoms with Gasteiger partial charge in [-0.1, -0.05) is 0 Å². The van der Waals surface area contributed by atoms with Gasteiger partial charge in [0, 0.05) is 23.1 Å². The molecule has 22 heavy (non-hydrogen) atoms. The van der Waals surface area contributed by atoms with Crippen LogP contribution in [-0.4, -0.2) is 17.6 Å². The number of nitrogens with zero attached hydrogens (tertiary/aromatic N) is 1. The number of fused-ring (bicyclic) bond motifs is 1. The number of nitrogens with one attached hydrogen (secondary N) is 1. The van der Waals surface area contributed by atoms with Gasteiger partial charge >= 0.3 is 11.7 Å². The number of anilines is 1. The fraction of sp³-hybridized carbons (Fsp3) is 0.286. The highest BCUT2D eigenvalue weighted by Gasteiger charge is 2.20. The zero-order valence-corrected chi connectivity index (χ0v) is 12.3. The molecule has 2 rings (SSSR count). The van der Waals surface area contributed by atoms with Crippen molar-refractivity contribution < 1.29 is 18.9 Å². The van der Waals surface area contributed by atoms with Crippen LogP contribution in [0.15, 0.2) is 21.3 Å². The molecule has 0 saturated carbocycles. The van der Waals surface area contributed by atoms with Crippen LogP contribution < -0.4 is 10.9 Å². The molecule has 0 fully saturated rings. The first-order valence-electron chi connectivity index (χ1n) is 6.51. The molecule has 0 atom stereocenters. The molecule has 0 spiro atoms. The molecule has 0 aliphatic rings. The average Bonchev–Trinajstić information content (AvgIpc) is 2.44. The number of nitro benzene ring substituents is 1. The Kier molecular flexibility index (Phi) is 4.11. The highest BCUT2D eigenvalue weighted by Crippen LogP contribution is 2.32. The fourth-order valence-corrected chi connectivity index (χ4v) is 2.01. The summed E-state index contributed by atoms with van der Waals surface area (Å²) in [6.45, 7) is 4.99. The van der Waals surface area contributed by atoms with Gasteiger partial charge in [0.15, 0.2) is 0 Å². The van der Waals surface area contributed by atoms with Crippen LogP contribution in [0.5, 0.6) is 0 Å². The summed E-state index contributed by atoms with van der Waals surface area (Å²) in [6, 6.07) is 2.51. The van der Waals surface area contributed by atoms with Gasteiger partial charge in [-0.3, -0.25) is 15.4 Å². The van der Waals surface area contributed by atoms with Crippen LogP contribution in [-0.2, 0) is 4.74 Å². The molecule has 1 N–H and O–H groups in total. The first kappa shape index (κ1) is 15.5. The van der Waals surface area contributed by atoms with E-state index in [1.807, 2.05) is 0 Å². The van der Waals surface area contributed by atoms with E-state index >= 15 is 0 Å². The van der Waals surface area contributed by atoms with Crippen LogP contribution in [0.3, 0.4) is 0 Å². The number of carbonyl (C=O) groups is 1. The molecule has 1 aromatic carbocycles. The van der Waals surface area contributed by atoms with Gasteiger partial charge in [0.1, 0.15) is 11.3 Å². The summed E-state index contributed by atoms with van der Waals surface area (Å²) < 4.78 is 9.81. The van der Waals surface area contributed by atoms with E-state index in [0.29, 0.717) is 16.5 Å². The summed E-state index contributed by atoms with van der Waals surface area (Å²) in [5.74, 6) is 0. The molecule has 0 bridgehead atoms. The predicted octanol–water partition coefficient (Wildman–Crippen LogP) is 2.89. The number of aryl methyl sites for hydroxylation is 1. The molecule has 8 nitrogen and oxygen atoms in total. The van der Waals surface area contributed by atoms with Crippen LogP contribution in [0, 0.1) is 24.0 Å². The number of amides is 1. The van der Waals surface area contributed by atoms with Crippen LogP contribution in [0.25, 0.3) is 11.0 Å². The molecular weight excluding hydrogens is 292 g/mol. The second-order valence-corrected chi connectivity index (χ2v) is 4.61. The standard InChI is InChI=1S/C14H14N2O6/c1-4-21-14(18)15-10-6-12-9(5-11(10)16(19)20)7(2)8(3)13(17)22-12/h5-6H,4H2,1-3H3,(H,15,18).